The Morgan fingerprint density at radius 2 is 1.39 bits per heavy atom. The lowest BCUT2D eigenvalue weighted by Gasteiger charge is -2.39. The van der Waals surface area contributed by atoms with E-state index in [0.717, 1.165) is 57.8 Å². The van der Waals surface area contributed by atoms with Gasteiger partial charge in [-0.25, -0.2) is 0 Å². The fraction of sp³-hybridized carbons (Fsp3) is 0.800. The Labute approximate surface area is 266 Å². The van der Waals surface area contributed by atoms with Gasteiger partial charge in [0, 0.05) is 13.0 Å². The lowest BCUT2D eigenvalue weighted by Crippen LogP contribution is -2.59. The zero-order valence-corrected chi connectivity index (χ0v) is 27.4. The second kappa shape index (κ2) is 27.7. The van der Waals surface area contributed by atoms with Crippen LogP contribution >= 0.6 is 0 Å². The lowest BCUT2D eigenvalue weighted by atomic mass is 9.99. The van der Waals surface area contributed by atoms with Gasteiger partial charge in [-0.15, -0.1) is 0 Å². The molecule has 6 unspecified atom stereocenters. The number of unbranched alkanes of at least 4 members (excludes halogenated alkanes) is 10. The Balaban J connectivity index is 2.20. The van der Waals surface area contributed by atoms with Gasteiger partial charge in [-0.1, -0.05) is 102 Å². The minimum Gasteiger partial charge on any atom is -0.457 e. The molecule has 0 amide bonds. The summed E-state index contributed by atoms with van der Waals surface area (Å²) in [7, 11) is 0. The monoisotopic (exact) mass is 626 g/mol. The summed E-state index contributed by atoms with van der Waals surface area (Å²) < 4.78 is 22.4. The van der Waals surface area contributed by atoms with Gasteiger partial charge < -0.3 is 39.4 Å². The number of aliphatic hydroxyl groups is 4. The predicted octanol–water partition coefficient (Wildman–Crippen LogP) is 5.68. The molecule has 0 aromatic rings. The maximum atomic E-state index is 12.3. The van der Waals surface area contributed by atoms with Crippen LogP contribution in [-0.4, -0.2) is 89.6 Å². The highest BCUT2D eigenvalue weighted by Crippen LogP contribution is 2.22. The van der Waals surface area contributed by atoms with Gasteiger partial charge in [0.2, 0.25) is 0 Å². The topological polar surface area (TPSA) is 135 Å². The van der Waals surface area contributed by atoms with Crippen LogP contribution in [0.1, 0.15) is 117 Å². The van der Waals surface area contributed by atoms with E-state index in [9.17, 15) is 25.2 Å². The standard InChI is InChI=1S/C35H62O9/c1-3-5-7-8-9-10-11-12-13-14-15-16-17-18-19-20-21-23-25-41-27-29(43-31(37)24-22-6-4-2)28-42-35-34(40)33(39)32(38)30(26-36)44-35/h5,7,9-10,12-13,29-30,32-36,38-40H,3-4,6,8,11,14-28H2,1-2H3/b7-5-,10-9-,13-12-. The van der Waals surface area contributed by atoms with E-state index in [1.165, 1.54) is 38.5 Å². The molecule has 0 aromatic heterocycles. The number of hydrogen-bond donors (Lipinski definition) is 4. The van der Waals surface area contributed by atoms with Crippen LogP contribution in [0.4, 0.5) is 0 Å². The number of rotatable bonds is 27. The maximum Gasteiger partial charge on any atom is 0.306 e. The van der Waals surface area contributed by atoms with E-state index in [4.69, 9.17) is 18.9 Å². The van der Waals surface area contributed by atoms with E-state index in [1.807, 2.05) is 0 Å². The molecule has 0 spiro atoms. The van der Waals surface area contributed by atoms with Crippen molar-refractivity contribution in [3.8, 4) is 0 Å². The summed E-state index contributed by atoms with van der Waals surface area (Å²) >= 11 is 0. The number of carbonyl (C=O) groups excluding carboxylic acids is 1. The Kier molecular flexibility index (Phi) is 25.5. The zero-order chi connectivity index (χ0) is 32.3. The molecule has 1 aliphatic rings. The molecule has 1 heterocycles. The number of ether oxygens (including phenoxy) is 4. The SMILES string of the molecule is CC/C=C\C/C=C\C/C=C\CCCCCCCCCCOCC(COC1OC(CO)C(O)C(O)C1O)OC(=O)CCCCC. The first-order valence-corrected chi connectivity index (χ1v) is 17.1. The van der Waals surface area contributed by atoms with E-state index in [0.29, 0.717) is 13.0 Å². The van der Waals surface area contributed by atoms with E-state index in [-0.39, 0.29) is 19.2 Å². The first kappa shape index (κ1) is 40.4. The molecule has 0 aliphatic carbocycles. The van der Waals surface area contributed by atoms with Gasteiger partial charge in [0.25, 0.3) is 0 Å². The highest BCUT2D eigenvalue weighted by molar-refractivity contribution is 5.69. The molecule has 1 saturated heterocycles. The number of allylic oxidation sites excluding steroid dienone is 6. The zero-order valence-electron chi connectivity index (χ0n) is 27.4. The van der Waals surface area contributed by atoms with Crippen molar-refractivity contribution in [2.75, 3.05) is 26.4 Å². The van der Waals surface area contributed by atoms with Crippen LogP contribution in [0.25, 0.3) is 0 Å². The molecule has 0 bridgehead atoms. The van der Waals surface area contributed by atoms with Gasteiger partial charge in [-0.05, 0) is 44.9 Å². The molecule has 9 heteroatoms. The molecule has 1 aliphatic heterocycles. The summed E-state index contributed by atoms with van der Waals surface area (Å²) in [5.74, 6) is -0.344. The van der Waals surface area contributed by atoms with Crippen LogP contribution in [0.5, 0.6) is 0 Å². The summed E-state index contributed by atoms with van der Waals surface area (Å²) in [6.07, 6.45) is 22.5. The van der Waals surface area contributed by atoms with Crippen molar-refractivity contribution < 1.29 is 44.2 Å². The van der Waals surface area contributed by atoms with E-state index < -0.39 is 43.4 Å². The van der Waals surface area contributed by atoms with Gasteiger partial charge in [0.05, 0.1) is 19.8 Å². The van der Waals surface area contributed by atoms with Gasteiger partial charge in [-0.2, -0.15) is 0 Å². The molecule has 0 radical (unpaired) electrons. The van der Waals surface area contributed by atoms with E-state index in [2.05, 4.69) is 50.3 Å². The van der Waals surface area contributed by atoms with Gasteiger partial charge in [0.15, 0.2) is 6.29 Å². The van der Waals surface area contributed by atoms with Crippen LogP contribution in [0, 0.1) is 0 Å². The van der Waals surface area contributed by atoms with Crippen molar-refractivity contribution in [2.24, 2.45) is 0 Å². The Morgan fingerprint density at radius 1 is 0.750 bits per heavy atom. The minimum absolute atomic E-state index is 0.119. The Hall–Kier alpha value is -1.59. The second-order valence-electron chi connectivity index (χ2n) is 11.6. The average Bonchev–Trinajstić information content (AvgIpc) is 3.02. The van der Waals surface area contributed by atoms with E-state index in [1.54, 1.807) is 0 Å². The third kappa shape index (κ3) is 19.7. The molecular formula is C35H62O9. The van der Waals surface area contributed by atoms with Crippen LogP contribution in [0.2, 0.25) is 0 Å². The number of esters is 1. The molecule has 4 N–H and O–H groups in total. The minimum atomic E-state index is -1.53. The van der Waals surface area contributed by atoms with Crippen molar-refractivity contribution in [2.45, 2.75) is 153 Å². The third-order valence-corrected chi connectivity index (χ3v) is 7.57. The fourth-order valence-electron chi connectivity index (χ4n) is 4.86. The van der Waals surface area contributed by atoms with E-state index >= 15 is 0 Å². The highest BCUT2D eigenvalue weighted by Gasteiger charge is 2.44. The van der Waals surface area contributed by atoms with Crippen molar-refractivity contribution in [1.29, 1.82) is 0 Å². The first-order chi connectivity index (χ1) is 21.4. The predicted molar refractivity (Wildman–Crippen MR) is 173 cm³/mol. The van der Waals surface area contributed by atoms with Crippen molar-refractivity contribution in [3.63, 3.8) is 0 Å². The Morgan fingerprint density at radius 3 is 2.05 bits per heavy atom. The van der Waals surface area contributed by atoms with Crippen molar-refractivity contribution in [1.82, 2.24) is 0 Å². The average molecular weight is 627 g/mol. The van der Waals surface area contributed by atoms with Crippen LogP contribution in [-0.2, 0) is 23.7 Å². The summed E-state index contributed by atoms with van der Waals surface area (Å²) in [6, 6.07) is 0. The molecule has 1 fully saturated rings. The number of aliphatic hydroxyl groups excluding tert-OH is 4. The molecular weight excluding hydrogens is 564 g/mol. The summed E-state index contributed by atoms with van der Waals surface area (Å²) in [4.78, 5) is 12.3. The number of hydrogen-bond acceptors (Lipinski definition) is 9. The molecule has 0 aromatic carbocycles. The Bertz CT molecular complexity index is 767. The smallest absolute Gasteiger partial charge is 0.306 e. The largest absolute Gasteiger partial charge is 0.457 e. The summed E-state index contributed by atoms with van der Waals surface area (Å²) in [5.41, 5.74) is 0. The molecule has 6 atom stereocenters. The van der Waals surface area contributed by atoms with Gasteiger partial charge in [0.1, 0.15) is 30.5 Å². The maximum absolute atomic E-state index is 12.3. The van der Waals surface area contributed by atoms with Crippen molar-refractivity contribution >= 4 is 5.97 Å². The summed E-state index contributed by atoms with van der Waals surface area (Å²) in [5, 5.41) is 39.6. The van der Waals surface area contributed by atoms with Crippen LogP contribution in [0.15, 0.2) is 36.5 Å². The first-order valence-electron chi connectivity index (χ1n) is 17.1. The quantitative estimate of drug-likeness (QED) is 0.0516. The highest BCUT2D eigenvalue weighted by atomic mass is 16.7. The number of carbonyl (C=O) groups is 1. The summed E-state index contributed by atoms with van der Waals surface area (Å²) in [6.45, 7) is 4.23. The van der Waals surface area contributed by atoms with Gasteiger partial charge >= 0.3 is 5.97 Å². The molecule has 9 nitrogen and oxygen atoms in total. The molecule has 256 valence electrons. The second-order valence-corrected chi connectivity index (χ2v) is 11.6. The lowest BCUT2D eigenvalue weighted by molar-refractivity contribution is -0.305. The normalized spacial score (nSPS) is 23.3. The fourth-order valence-corrected chi connectivity index (χ4v) is 4.86. The van der Waals surface area contributed by atoms with Crippen LogP contribution in [0.3, 0.4) is 0 Å². The molecule has 44 heavy (non-hydrogen) atoms. The molecule has 0 saturated carbocycles. The third-order valence-electron chi connectivity index (χ3n) is 7.57. The van der Waals surface area contributed by atoms with Crippen molar-refractivity contribution in [3.05, 3.63) is 36.5 Å². The van der Waals surface area contributed by atoms with Crippen LogP contribution < -0.4 is 0 Å². The molecule has 1 rings (SSSR count). The van der Waals surface area contributed by atoms with Gasteiger partial charge in [-0.3, -0.25) is 4.79 Å².